The molecular formula is C27H26N2O6. The summed E-state index contributed by atoms with van der Waals surface area (Å²) in [4.78, 5) is 29.3. The van der Waals surface area contributed by atoms with Crippen LogP contribution in [0.1, 0.15) is 23.1 Å². The van der Waals surface area contributed by atoms with Crippen molar-refractivity contribution in [3.05, 3.63) is 88.0 Å². The molecule has 2 aromatic heterocycles. The van der Waals surface area contributed by atoms with Crippen molar-refractivity contribution < 1.29 is 23.4 Å². The van der Waals surface area contributed by atoms with E-state index in [1.54, 1.807) is 50.9 Å². The number of nitrogens with one attached hydrogen (secondary N) is 1. The highest BCUT2D eigenvalue weighted by Gasteiger charge is 2.15. The lowest BCUT2D eigenvalue weighted by Crippen LogP contribution is -2.16. The summed E-state index contributed by atoms with van der Waals surface area (Å²) < 4.78 is 21.9. The van der Waals surface area contributed by atoms with Crippen LogP contribution >= 0.6 is 0 Å². The number of carbonyl (C=O) groups excluding carboxylic acids is 1. The molecule has 1 amide bonds. The number of ether oxygens (including phenoxy) is 3. The zero-order valence-corrected chi connectivity index (χ0v) is 19.8. The van der Waals surface area contributed by atoms with Crippen LogP contribution in [0.15, 0.2) is 70.1 Å². The molecule has 0 spiro atoms. The maximum atomic E-state index is 12.7. The number of methoxy groups -OCH3 is 2. The van der Waals surface area contributed by atoms with E-state index in [0.29, 0.717) is 40.7 Å². The Balaban J connectivity index is 1.44. The molecule has 4 rings (SSSR count). The standard InChI is InChI=1S/C27H26N2O6/c1-17-21-8-7-20(32-2)14-24(21)35-27(31)22(17)9-11-26(30)29-19-6-10-23(33-3)25(13-19)34-16-18-5-4-12-28-15-18/h4-8,10,12-15H,9,11,16H2,1-3H3,(H,29,30). The second-order valence-electron chi connectivity index (χ2n) is 7.92. The highest BCUT2D eigenvalue weighted by Crippen LogP contribution is 2.31. The van der Waals surface area contributed by atoms with Gasteiger partial charge < -0.3 is 23.9 Å². The molecule has 0 aliphatic heterocycles. The molecule has 0 aliphatic rings. The minimum Gasteiger partial charge on any atom is -0.497 e. The van der Waals surface area contributed by atoms with Crippen LogP contribution in [0, 0.1) is 6.92 Å². The third kappa shape index (κ3) is 5.60. The average Bonchev–Trinajstić information content (AvgIpc) is 2.87. The lowest BCUT2D eigenvalue weighted by atomic mass is 10.0. The van der Waals surface area contributed by atoms with Gasteiger partial charge in [-0.25, -0.2) is 4.79 Å². The van der Waals surface area contributed by atoms with E-state index >= 15 is 0 Å². The van der Waals surface area contributed by atoms with E-state index in [-0.39, 0.29) is 18.7 Å². The number of carbonyl (C=O) groups is 1. The lowest BCUT2D eigenvalue weighted by Gasteiger charge is -2.13. The first-order valence-electron chi connectivity index (χ1n) is 11.1. The summed E-state index contributed by atoms with van der Waals surface area (Å²) in [6.45, 7) is 2.17. The summed E-state index contributed by atoms with van der Waals surface area (Å²) in [5.74, 6) is 1.42. The fourth-order valence-electron chi connectivity index (χ4n) is 3.76. The number of fused-ring (bicyclic) bond motifs is 1. The number of aryl methyl sites for hydroxylation is 1. The molecule has 180 valence electrons. The normalized spacial score (nSPS) is 10.7. The number of hydrogen-bond donors (Lipinski definition) is 1. The van der Waals surface area contributed by atoms with Gasteiger partial charge in [-0.1, -0.05) is 6.07 Å². The van der Waals surface area contributed by atoms with Crippen molar-refractivity contribution in [2.24, 2.45) is 0 Å². The Morgan fingerprint density at radius 1 is 1.06 bits per heavy atom. The second-order valence-corrected chi connectivity index (χ2v) is 7.92. The van der Waals surface area contributed by atoms with Gasteiger partial charge in [0.05, 0.1) is 14.2 Å². The number of hydrogen-bond acceptors (Lipinski definition) is 7. The van der Waals surface area contributed by atoms with Gasteiger partial charge in [0.1, 0.15) is 17.9 Å². The first-order valence-corrected chi connectivity index (χ1v) is 11.1. The molecule has 8 nitrogen and oxygen atoms in total. The Bertz CT molecular complexity index is 1400. The average molecular weight is 475 g/mol. The number of anilines is 1. The first kappa shape index (κ1) is 23.8. The van der Waals surface area contributed by atoms with Gasteiger partial charge in [-0.15, -0.1) is 0 Å². The van der Waals surface area contributed by atoms with Crippen LogP contribution in [0.4, 0.5) is 5.69 Å². The highest BCUT2D eigenvalue weighted by atomic mass is 16.5. The summed E-state index contributed by atoms with van der Waals surface area (Å²) in [7, 11) is 3.11. The Kier molecular flexibility index (Phi) is 7.30. The zero-order valence-electron chi connectivity index (χ0n) is 19.8. The van der Waals surface area contributed by atoms with E-state index in [2.05, 4.69) is 10.3 Å². The maximum Gasteiger partial charge on any atom is 0.339 e. The van der Waals surface area contributed by atoms with Crippen LogP contribution in [-0.2, 0) is 17.8 Å². The molecule has 0 aliphatic carbocycles. The van der Waals surface area contributed by atoms with Crippen LogP contribution in [0.3, 0.4) is 0 Å². The summed E-state index contributed by atoms with van der Waals surface area (Å²) in [6, 6.07) is 14.2. The summed E-state index contributed by atoms with van der Waals surface area (Å²) in [6.07, 6.45) is 3.79. The third-order valence-corrected chi connectivity index (χ3v) is 5.66. The highest BCUT2D eigenvalue weighted by molar-refractivity contribution is 5.91. The van der Waals surface area contributed by atoms with Crippen molar-refractivity contribution in [1.29, 1.82) is 0 Å². The SMILES string of the molecule is COc1ccc2c(C)c(CCC(=O)Nc3ccc(OC)c(OCc4cccnc4)c3)c(=O)oc2c1. The van der Waals surface area contributed by atoms with Gasteiger partial charge in [-0.2, -0.15) is 0 Å². The molecule has 2 heterocycles. The molecule has 35 heavy (non-hydrogen) atoms. The van der Waals surface area contributed by atoms with E-state index in [1.807, 2.05) is 31.2 Å². The molecule has 0 saturated carbocycles. The smallest absolute Gasteiger partial charge is 0.339 e. The molecule has 8 heteroatoms. The summed E-state index contributed by atoms with van der Waals surface area (Å²) in [5, 5.41) is 3.67. The molecule has 0 bridgehead atoms. The number of amides is 1. The van der Waals surface area contributed by atoms with Gasteiger partial charge >= 0.3 is 5.63 Å². The first-order chi connectivity index (χ1) is 17.0. The Labute approximate surface area is 202 Å². The van der Waals surface area contributed by atoms with Crippen molar-refractivity contribution >= 4 is 22.6 Å². The third-order valence-electron chi connectivity index (χ3n) is 5.66. The monoisotopic (exact) mass is 474 g/mol. The van der Waals surface area contributed by atoms with Crippen molar-refractivity contribution in [2.75, 3.05) is 19.5 Å². The minimum atomic E-state index is -0.452. The van der Waals surface area contributed by atoms with Crippen LogP contribution in [-0.4, -0.2) is 25.1 Å². The Hall–Kier alpha value is -4.33. The molecule has 0 unspecified atom stereocenters. The van der Waals surface area contributed by atoms with Crippen LogP contribution < -0.4 is 25.2 Å². The molecule has 1 N–H and O–H groups in total. The largest absolute Gasteiger partial charge is 0.497 e. The number of aromatic nitrogens is 1. The van der Waals surface area contributed by atoms with E-state index in [1.165, 1.54) is 0 Å². The number of nitrogens with zero attached hydrogens (tertiary/aromatic N) is 1. The molecular weight excluding hydrogens is 448 g/mol. The fourth-order valence-corrected chi connectivity index (χ4v) is 3.76. The predicted molar refractivity (Wildman–Crippen MR) is 132 cm³/mol. The molecule has 0 radical (unpaired) electrons. The summed E-state index contributed by atoms with van der Waals surface area (Å²) in [5.41, 5.74) is 2.75. The number of rotatable bonds is 9. The fraction of sp³-hybridized carbons (Fsp3) is 0.222. The predicted octanol–water partition coefficient (Wildman–Crippen LogP) is 4.66. The van der Waals surface area contributed by atoms with Crippen molar-refractivity contribution in [1.82, 2.24) is 4.98 Å². The maximum absolute atomic E-state index is 12.7. The number of benzene rings is 2. The van der Waals surface area contributed by atoms with Crippen molar-refractivity contribution in [3.8, 4) is 17.2 Å². The van der Waals surface area contributed by atoms with Gasteiger partial charge in [0.2, 0.25) is 5.91 Å². The quantitative estimate of drug-likeness (QED) is 0.352. The zero-order chi connectivity index (χ0) is 24.8. The molecule has 2 aromatic carbocycles. The van der Waals surface area contributed by atoms with E-state index in [4.69, 9.17) is 18.6 Å². The molecule has 0 fully saturated rings. The van der Waals surface area contributed by atoms with Crippen LogP contribution in [0.25, 0.3) is 11.0 Å². The molecule has 0 saturated heterocycles. The molecule has 4 aromatic rings. The van der Waals surface area contributed by atoms with Gasteiger partial charge in [-0.05, 0) is 49.2 Å². The van der Waals surface area contributed by atoms with Crippen LogP contribution in [0.5, 0.6) is 17.2 Å². The van der Waals surface area contributed by atoms with E-state index < -0.39 is 5.63 Å². The van der Waals surface area contributed by atoms with Gasteiger partial charge in [0, 0.05) is 53.1 Å². The van der Waals surface area contributed by atoms with E-state index in [9.17, 15) is 9.59 Å². The Morgan fingerprint density at radius 3 is 2.66 bits per heavy atom. The minimum absolute atomic E-state index is 0.116. The Morgan fingerprint density at radius 2 is 1.91 bits per heavy atom. The van der Waals surface area contributed by atoms with Crippen molar-refractivity contribution in [3.63, 3.8) is 0 Å². The summed E-state index contributed by atoms with van der Waals surface area (Å²) >= 11 is 0. The van der Waals surface area contributed by atoms with E-state index in [0.717, 1.165) is 16.5 Å². The van der Waals surface area contributed by atoms with Gasteiger partial charge in [-0.3, -0.25) is 9.78 Å². The molecule has 0 atom stereocenters. The van der Waals surface area contributed by atoms with Gasteiger partial charge in [0.15, 0.2) is 11.5 Å². The topological polar surface area (TPSA) is 99.9 Å². The number of pyridine rings is 1. The van der Waals surface area contributed by atoms with Crippen molar-refractivity contribution in [2.45, 2.75) is 26.4 Å². The van der Waals surface area contributed by atoms with Crippen LogP contribution in [0.2, 0.25) is 0 Å². The lowest BCUT2D eigenvalue weighted by molar-refractivity contribution is -0.116. The second kappa shape index (κ2) is 10.7. The van der Waals surface area contributed by atoms with Gasteiger partial charge in [0.25, 0.3) is 0 Å².